The number of allylic oxidation sites excluding steroid dienone is 1. The lowest BCUT2D eigenvalue weighted by Gasteiger charge is -2.43. The number of nitro groups is 1. The molecule has 0 aromatic heterocycles. The summed E-state index contributed by atoms with van der Waals surface area (Å²) in [6, 6.07) is 5.96. The number of benzene rings is 2. The summed E-state index contributed by atoms with van der Waals surface area (Å²) in [4.78, 5) is 12.6. The van der Waals surface area contributed by atoms with Crippen LogP contribution < -0.4 is 10.3 Å². The first kappa shape index (κ1) is 24.6. The van der Waals surface area contributed by atoms with Crippen LogP contribution in [0.15, 0.2) is 41.5 Å². The van der Waals surface area contributed by atoms with Gasteiger partial charge in [-0.05, 0) is 57.0 Å². The van der Waals surface area contributed by atoms with Crippen molar-refractivity contribution < 1.29 is 18.1 Å². The highest BCUT2D eigenvalue weighted by atomic mass is 35.5. The highest BCUT2D eigenvalue weighted by Gasteiger charge is 2.33. The maximum atomic E-state index is 12.9. The van der Waals surface area contributed by atoms with Crippen LogP contribution in [0.2, 0.25) is 5.02 Å². The fourth-order valence-corrected chi connectivity index (χ4v) is 4.18. The molecule has 2 aromatic rings. The standard InChI is InChI=1S/C23H24ClF3N4O2/c1-5-8-30-20-11-18(24)15(9-17(20)14(2)12-22(30,3)4)13-28-29-19-7-6-16(23(25,26)27)10-21(19)31(32)33/h6-7,9-13,29H,5,8H2,1-4H3/b28-13+. The minimum absolute atomic E-state index is 0.162. The Kier molecular flexibility index (Phi) is 6.74. The van der Waals surface area contributed by atoms with E-state index in [1.54, 1.807) is 0 Å². The van der Waals surface area contributed by atoms with E-state index in [4.69, 9.17) is 11.6 Å². The van der Waals surface area contributed by atoms with Gasteiger partial charge in [-0.15, -0.1) is 0 Å². The first-order valence-corrected chi connectivity index (χ1v) is 10.7. The number of hydrogen-bond acceptors (Lipinski definition) is 5. The van der Waals surface area contributed by atoms with E-state index < -0.39 is 22.4 Å². The third kappa shape index (κ3) is 5.13. The molecule has 1 aliphatic rings. The van der Waals surface area contributed by atoms with Crippen LogP contribution in [0.4, 0.5) is 30.2 Å². The summed E-state index contributed by atoms with van der Waals surface area (Å²) in [5, 5.41) is 15.7. The first-order chi connectivity index (χ1) is 15.3. The first-order valence-electron chi connectivity index (χ1n) is 10.3. The van der Waals surface area contributed by atoms with Crippen LogP contribution in [0, 0.1) is 10.1 Å². The normalized spacial score (nSPS) is 15.4. The summed E-state index contributed by atoms with van der Waals surface area (Å²) in [7, 11) is 0. The lowest BCUT2D eigenvalue weighted by Crippen LogP contribution is -2.45. The van der Waals surface area contributed by atoms with E-state index in [1.165, 1.54) is 6.21 Å². The summed E-state index contributed by atoms with van der Waals surface area (Å²) in [5.74, 6) is 0. The van der Waals surface area contributed by atoms with Gasteiger partial charge in [0.05, 0.1) is 27.3 Å². The van der Waals surface area contributed by atoms with Crippen molar-refractivity contribution in [2.75, 3.05) is 16.9 Å². The van der Waals surface area contributed by atoms with Crippen LogP contribution in [0.1, 0.15) is 50.8 Å². The van der Waals surface area contributed by atoms with E-state index in [9.17, 15) is 23.3 Å². The monoisotopic (exact) mass is 480 g/mol. The molecular formula is C23H24ClF3N4O2. The number of hydrazone groups is 1. The molecule has 6 nitrogen and oxygen atoms in total. The van der Waals surface area contributed by atoms with Crippen molar-refractivity contribution in [3.05, 3.63) is 68.2 Å². The maximum absolute atomic E-state index is 12.9. The smallest absolute Gasteiger partial charge is 0.362 e. The zero-order valence-electron chi connectivity index (χ0n) is 18.6. The van der Waals surface area contributed by atoms with Gasteiger partial charge in [0.2, 0.25) is 0 Å². The average Bonchev–Trinajstić information content (AvgIpc) is 2.70. The summed E-state index contributed by atoms with van der Waals surface area (Å²) in [5.41, 5.74) is 3.95. The highest BCUT2D eigenvalue weighted by molar-refractivity contribution is 6.33. The number of fused-ring (bicyclic) bond motifs is 1. The fourth-order valence-electron chi connectivity index (χ4n) is 3.97. The molecule has 0 radical (unpaired) electrons. The van der Waals surface area contributed by atoms with E-state index in [-0.39, 0.29) is 11.2 Å². The van der Waals surface area contributed by atoms with E-state index in [0.29, 0.717) is 16.7 Å². The van der Waals surface area contributed by atoms with Gasteiger partial charge in [0.15, 0.2) is 0 Å². The lowest BCUT2D eigenvalue weighted by molar-refractivity contribution is -0.384. The summed E-state index contributed by atoms with van der Waals surface area (Å²) >= 11 is 6.50. The molecule has 0 fully saturated rings. The van der Waals surface area contributed by atoms with Gasteiger partial charge in [-0.3, -0.25) is 15.5 Å². The third-order valence-corrected chi connectivity index (χ3v) is 5.78. The number of nitro benzene ring substituents is 1. The number of hydrogen-bond donors (Lipinski definition) is 1. The molecule has 0 spiro atoms. The van der Waals surface area contributed by atoms with Gasteiger partial charge in [0, 0.05) is 29.4 Å². The van der Waals surface area contributed by atoms with E-state index in [0.717, 1.165) is 41.9 Å². The average molecular weight is 481 g/mol. The predicted molar refractivity (Wildman–Crippen MR) is 126 cm³/mol. The second-order valence-corrected chi connectivity index (χ2v) is 8.79. The van der Waals surface area contributed by atoms with Crippen LogP contribution in [0.5, 0.6) is 0 Å². The van der Waals surface area contributed by atoms with Crippen molar-refractivity contribution in [1.29, 1.82) is 0 Å². The van der Waals surface area contributed by atoms with Crippen molar-refractivity contribution in [2.45, 2.75) is 45.8 Å². The Morgan fingerprint density at radius 3 is 2.58 bits per heavy atom. The van der Waals surface area contributed by atoms with Gasteiger partial charge < -0.3 is 4.90 Å². The van der Waals surface area contributed by atoms with Crippen molar-refractivity contribution in [3.63, 3.8) is 0 Å². The van der Waals surface area contributed by atoms with Crippen LogP contribution in [-0.2, 0) is 6.18 Å². The third-order valence-electron chi connectivity index (χ3n) is 5.45. The Morgan fingerprint density at radius 2 is 1.97 bits per heavy atom. The molecule has 0 bridgehead atoms. The Balaban J connectivity index is 1.92. The molecule has 0 saturated heterocycles. The van der Waals surface area contributed by atoms with Crippen LogP contribution in [0.3, 0.4) is 0 Å². The number of alkyl halides is 3. The molecule has 2 aromatic carbocycles. The second-order valence-electron chi connectivity index (χ2n) is 8.38. The molecule has 1 aliphatic heterocycles. The SMILES string of the molecule is CCCN1c2cc(Cl)c(/C=N/Nc3ccc(C(F)(F)F)cc3[N+](=O)[O-])cc2C(C)=CC1(C)C. The predicted octanol–water partition coefficient (Wildman–Crippen LogP) is 7.12. The molecule has 176 valence electrons. The second kappa shape index (κ2) is 9.05. The Labute approximate surface area is 194 Å². The summed E-state index contributed by atoms with van der Waals surface area (Å²) in [6.07, 6.45) is -0.147. The Hall–Kier alpha value is -3.07. The molecule has 0 aliphatic carbocycles. The lowest BCUT2D eigenvalue weighted by atomic mass is 9.88. The van der Waals surface area contributed by atoms with Crippen LogP contribution in [0.25, 0.3) is 5.57 Å². The highest BCUT2D eigenvalue weighted by Crippen LogP contribution is 2.41. The number of nitrogens with one attached hydrogen (secondary N) is 1. The van der Waals surface area contributed by atoms with Crippen molar-refractivity contribution in [2.24, 2.45) is 5.10 Å². The Morgan fingerprint density at radius 1 is 1.27 bits per heavy atom. The summed E-state index contributed by atoms with van der Waals surface area (Å²) < 4.78 is 38.6. The van der Waals surface area contributed by atoms with Gasteiger partial charge in [0.1, 0.15) is 5.69 Å². The van der Waals surface area contributed by atoms with Gasteiger partial charge in [0.25, 0.3) is 5.69 Å². The Bertz CT molecular complexity index is 1140. The largest absolute Gasteiger partial charge is 0.416 e. The van der Waals surface area contributed by atoms with E-state index in [2.05, 4.69) is 42.3 Å². The molecule has 0 amide bonds. The van der Waals surface area contributed by atoms with Gasteiger partial charge in [-0.1, -0.05) is 24.6 Å². The minimum atomic E-state index is -4.69. The molecule has 0 unspecified atom stereocenters. The molecule has 1 N–H and O–H groups in total. The van der Waals surface area contributed by atoms with Gasteiger partial charge >= 0.3 is 6.18 Å². The van der Waals surface area contributed by atoms with Crippen LogP contribution >= 0.6 is 11.6 Å². The van der Waals surface area contributed by atoms with Crippen LogP contribution in [-0.4, -0.2) is 23.2 Å². The van der Waals surface area contributed by atoms with Gasteiger partial charge in [-0.2, -0.15) is 18.3 Å². The number of nitrogens with zero attached hydrogens (tertiary/aromatic N) is 3. The summed E-state index contributed by atoms with van der Waals surface area (Å²) in [6.45, 7) is 9.25. The maximum Gasteiger partial charge on any atom is 0.416 e. The topological polar surface area (TPSA) is 70.8 Å². The molecule has 33 heavy (non-hydrogen) atoms. The van der Waals surface area contributed by atoms with E-state index >= 15 is 0 Å². The van der Waals surface area contributed by atoms with Crippen molar-refractivity contribution in [1.82, 2.24) is 0 Å². The van der Waals surface area contributed by atoms with Crippen molar-refractivity contribution in [3.8, 4) is 0 Å². The van der Waals surface area contributed by atoms with E-state index in [1.807, 2.05) is 19.1 Å². The molecular weight excluding hydrogens is 457 g/mol. The quantitative estimate of drug-likeness (QED) is 0.271. The molecule has 3 rings (SSSR count). The zero-order chi connectivity index (χ0) is 24.6. The minimum Gasteiger partial charge on any atom is -0.362 e. The van der Waals surface area contributed by atoms with Gasteiger partial charge in [-0.25, -0.2) is 0 Å². The molecule has 1 heterocycles. The number of rotatable bonds is 6. The molecule has 0 atom stereocenters. The van der Waals surface area contributed by atoms with Crippen molar-refractivity contribution >= 4 is 40.5 Å². The fraction of sp³-hybridized carbons (Fsp3) is 0.348. The molecule has 0 saturated carbocycles. The number of anilines is 2. The zero-order valence-corrected chi connectivity index (χ0v) is 19.4. The number of halogens is 4. The molecule has 10 heteroatoms.